The van der Waals surface area contributed by atoms with E-state index in [2.05, 4.69) is 51.7 Å². The second kappa shape index (κ2) is 11.6. The van der Waals surface area contributed by atoms with Crippen LogP contribution < -0.4 is 20.3 Å². The van der Waals surface area contributed by atoms with Gasteiger partial charge in [-0.15, -0.1) is 24.0 Å². The molecule has 0 amide bonds. The number of ether oxygens (including phenoxy) is 1. The van der Waals surface area contributed by atoms with Gasteiger partial charge in [0.25, 0.3) is 0 Å². The highest BCUT2D eigenvalue weighted by Crippen LogP contribution is 2.13. The lowest BCUT2D eigenvalue weighted by Gasteiger charge is -2.14. The molecule has 0 unspecified atom stereocenters. The molecule has 0 aliphatic carbocycles. The van der Waals surface area contributed by atoms with Gasteiger partial charge in [-0.1, -0.05) is 24.3 Å². The van der Waals surface area contributed by atoms with E-state index >= 15 is 0 Å². The Morgan fingerprint density at radius 3 is 2.12 bits per heavy atom. The molecule has 0 heterocycles. The minimum absolute atomic E-state index is 0. The van der Waals surface area contributed by atoms with E-state index in [0.717, 1.165) is 30.4 Å². The average molecular weight is 468 g/mol. The molecule has 142 valence electrons. The van der Waals surface area contributed by atoms with E-state index in [-0.39, 0.29) is 24.0 Å². The number of aliphatic imine (C=N–C) groups is 1. The highest BCUT2D eigenvalue weighted by molar-refractivity contribution is 14.0. The molecule has 0 saturated carbocycles. The van der Waals surface area contributed by atoms with Gasteiger partial charge in [0.05, 0.1) is 13.7 Å². The number of anilines is 1. The molecule has 5 nitrogen and oxygen atoms in total. The number of hydrogen-bond acceptors (Lipinski definition) is 3. The lowest BCUT2D eigenvalue weighted by atomic mass is 10.2. The average Bonchev–Trinajstić information content (AvgIpc) is 2.64. The summed E-state index contributed by atoms with van der Waals surface area (Å²) in [5.41, 5.74) is 3.57. The van der Waals surface area contributed by atoms with Crippen molar-refractivity contribution >= 4 is 35.6 Å². The summed E-state index contributed by atoms with van der Waals surface area (Å²) in [5.74, 6) is 1.67. The fraction of sp³-hybridized carbons (Fsp3) is 0.350. The second-order valence-electron chi connectivity index (χ2n) is 5.96. The number of halogens is 1. The molecule has 0 spiro atoms. The summed E-state index contributed by atoms with van der Waals surface area (Å²) in [6.07, 6.45) is 0. The Kier molecular flexibility index (Phi) is 9.87. The second-order valence-corrected chi connectivity index (χ2v) is 5.96. The standard InChI is InChI=1S/C20H28N4O.HI/c1-5-21-20(23-15-17-8-12-19(25-4)13-9-17)22-14-16-6-10-18(11-7-16)24(2)3;/h6-13H,5,14-15H2,1-4H3,(H2,21,22,23);1H. The van der Waals surface area contributed by atoms with Crippen molar-refractivity contribution in [3.8, 4) is 5.75 Å². The van der Waals surface area contributed by atoms with Crippen molar-refractivity contribution in [1.82, 2.24) is 10.6 Å². The van der Waals surface area contributed by atoms with E-state index in [1.165, 1.54) is 11.3 Å². The molecule has 2 N–H and O–H groups in total. The first kappa shape index (κ1) is 22.1. The quantitative estimate of drug-likeness (QED) is 0.370. The van der Waals surface area contributed by atoms with Crippen LogP contribution in [0.2, 0.25) is 0 Å². The summed E-state index contributed by atoms with van der Waals surface area (Å²) < 4.78 is 5.18. The molecule has 0 aliphatic heterocycles. The highest BCUT2D eigenvalue weighted by atomic mass is 127. The number of nitrogens with zero attached hydrogens (tertiary/aromatic N) is 2. The van der Waals surface area contributed by atoms with E-state index in [1.807, 2.05) is 38.4 Å². The highest BCUT2D eigenvalue weighted by Gasteiger charge is 2.00. The van der Waals surface area contributed by atoms with Crippen molar-refractivity contribution in [2.45, 2.75) is 20.0 Å². The summed E-state index contributed by atoms with van der Waals surface area (Å²) in [4.78, 5) is 6.74. The molecule has 0 aromatic heterocycles. The summed E-state index contributed by atoms with van der Waals surface area (Å²) in [7, 11) is 5.76. The molecule has 0 aliphatic rings. The number of nitrogens with one attached hydrogen (secondary N) is 2. The van der Waals surface area contributed by atoms with Crippen molar-refractivity contribution in [3.63, 3.8) is 0 Å². The zero-order valence-electron chi connectivity index (χ0n) is 16.0. The van der Waals surface area contributed by atoms with Crippen molar-refractivity contribution < 1.29 is 4.74 Å². The van der Waals surface area contributed by atoms with Crippen molar-refractivity contribution in [2.75, 3.05) is 32.6 Å². The van der Waals surface area contributed by atoms with Crippen molar-refractivity contribution in [1.29, 1.82) is 0 Å². The first-order chi connectivity index (χ1) is 12.1. The molecule has 0 atom stereocenters. The van der Waals surface area contributed by atoms with Crippen molar-refractivity contribution in [3.05, 3.63) is 59.7 Å². The number of methoxy groups -OCH3 is 1. The van der Waals surface area contributed by atoms with Crippen LogP contribution in [-0.2, 0) is 13.1 Å². The van der Waals surface area contributed by atoms with Gasteiger partial charge in [0.2, 0.25) is 0 Å². The van der Waals surface area contributed by atoms with Gasteiger partial charge in [0.1, 0.15) is 5.75 Å². The molecular formula is C20H29IN4O. The smallest absolute Gasteiger partial charge is 0.191 e. The first-order valence-electron chi connectivity index (χ1n) is 8.53. The van der Waals surface area contributed by atoms with Gasteiger partial charge in [-0.3, -0.25) is 0 Å². The van der Waals surface area contributed by atoms with Crippen molar-refractivity contribution in [2.24, 2.45) is 4.99 Å². The monoisotopic (exact) mass is 468 g/mol. The fourth-order valence-electron chi connectivity index (χ4n) is 2.34. The molecule has 26 heavy (non-hydrogen) atoms. The van der Waals surface area contributed by atoms with Crippen LogP contribution in [0.5, 0.6) is 5.75 Å². The molecule has 0 radical (unpaired) electrons. The Labute approximate surface area is 173 Å². The normalized spacial score (nSPS) is 10.7. The number of rotatable bonds is 7. The van der Waals surface area contributed by atoms with Crippen LogP contribution in [0.1, 0.15) is 18.1 Å². The van der Waals surface area contributed by atoms with E-state index in [9.17, 15) is 0 Å². The molecule has 0 bridgehead atoms. The maximum absolute atomic E-state index is 5.18. The van der Waals surface area contributed by atoms with Gasteiger partial charge < -0.3 is 20.3 Å². The van der Waals surface area contributed by atoms with Crippen LogP contribution in [0, 0.1) is 0 Å². The maximum Gasteiger partial charge on any atom is 0.191 e. The molecule has 2 aromatic rings. The number of hydrogen-bond donors (Lipinski definition) is 2. The molecule has 0 saturated heterocycles. The Bertz CT molecular complexity index is 669. The van der Waals surface area contributed by atoms with Crippen LogP contribution >= 0.6 is 24.0 Å². The zero-order chi connectivity index (χ0) is 18.1. The predicted molar refractivity (Wildman–Crippen MR) is 121 cm³/mol. The van der Waals surface area contributed by atoms with Gasteiger partial charge in [-0.25, -0.2) is 4.99 Å². The van der Waals surface area contributed by atoms with Crippen LogP contribution in [0.3, 0.4) is 0 Å². The Hall–Kier alpha value is -1.96. The van der Waals surface area contributed by atoms with Crippen LogP contribution in [-0.4, -0.2) is 33.7 Å². The molecular weight excluding hydrogens is 439 g/mol. The summed E-state index contributed by atoms with van der Waals surface area (Å²) in [6, 6.07) is 16.5. The van der Waals surface area contributed by atoms with Crippen LogP contribution in [0.25, 0.3) is 0 Å². The van der Waals surface area contributed by atoms with Gasteiger partial charge in [0, 0.05) is 32.9 Å². The van der Waals surface area contributed by atoms with Gasteiger partial charge >= 0.3 is 0 Å². The lowest BCUT2D eigenvalue weighted by Crippen LogP contribution is -2.36. The zero-order valence-corrected chi connectivity index (χ0v) is 18.3. The van der Waals surface area contributed by atoms with E-state index in [0.29, 0.717) is 6.54 Å². The largest absolute Gasteiger partial charge is 0.497 e. The Morgan fingerprint density at radius 1 is 0.962 bits per heavy atom. The molecule has 0 fully saturated rings. The van der Waals surface area contributed by atoms with E-state index in [4.69, 9.17) is 4.74 Å². The third kappa shape index (κ3) is 7.11. The molecule has 2 aromatic carbocycles. The fourth-order valence-corrected chi connectivity index (χ4v) is 2.34. The Balaban J connectivity index is 0.00000338. The lowest BCUT2D eigenvalue weighted by molar-refractivity contribution is 0.414. The topological polar surface area (TPSA) is 48.9 Å². The molecule has 6 heteroatoms. The first-order valence-corrected chi connectivity index (χ1v) is 8.53. The van der Waals surface area contributed by atoms with E-state index in [1.54, 1.807) is 7.11 Å². The minimum Gasteiger partial charge on any atom is -0.497 e. The number of benzene rings is 2. The predicted octanol–water partition coefficient (Wildman–Crippen LogP) is 3.63. The summed E-state index contributed by atoms with van der Waals surface area (Å²) in [5, 5.41) is 6.66. The van der Waals surface area contributed by atoms with Crippen LogP contribution in [0.15, 0.2) is 53.5 Å². The minimum atomic E-state index is 0. The summed E-state index contributed by atoms with van der Waals surface area (Å²) >= 11 is 0. The van der Waals surface area contributed by atoms with Gasteiger partial charge in [-0.05, 0) is 42.3 Å². The van der Waals surface area contributed by atoms with E-state index < -0.39 is 0 Å². The van der Waals surface area contributed by atoms with Crippen LogP contribution in [0.4, 0.5) is 5.69 Å². The SMILES string of the molecule is CCNC(=NCc1ccc(OC)cc1)NCc1ccc(N(C)C)cc1.I. The third-order valence-corrected chi connectivity index (χ3v) is 3.84. The van der Waals surface area contributed by atoms with Gasteiger partial charge in [0.15, 0.2) is 5.96 Å². The molecule has 2 rings (SSSR count). The third-order valence-electron chi connectivity index (χ3n) is 3.84. The summed E-state index contributed by atoms with van der Waals surface area (Å²) in [6.45, 7) is 4.26. The van der Waals surface area contributed by atoms with Gasteiger partial charge in [-0.2, -0.15) is 0 Å². The maximum atomic E-state index is 5.18. The Morgan fingerprint density at radius 2 is 1.58 bits per heavy atom. The number of guanidine groups is 1.